The number of hydrogen-bond acceptors (Lipinski definition) is 4. The van der Waals surface area contributed by atoms with Crippen molar-refractivity contribution in [2.24, 2.45) is 0 Å². The molecule has 12 rings (SSSR count). The smallest absolute Gasteiger partial charge is 0.151 e. The number of ether oxygens (including phenoxy) is 2. The maximum Gasteiger partial charge on any atom is 0.151 e. The minimum Gasteiger partial charge on any atom is -0.453 e. The predicted molar refractivity (Wildman–Crippen MR) is 233 cm³/mol. The topological polar surface area (TPSA) is 24.9 Å². The molecule has 0 atom stereocenters. The number of rotatable bonds is 4. The van der Waals surface area contributed by atoms with Crippen LogP contribution in [0.2, 0.25) is 0 Å². The van der Waals surface area contributed by atoms with E-state index in [0.717, 1.165) is 58.6 Å². The summed E-state index contributed by atoms with van der Waals surface area (Å²) in [5.41, 5.74) is 15.0. The van der Waals surface area contributed by atoms with E-state index < -0.39 is 0 Å². The largest absolute Gasteiger partial charge is 0.453 e. The van der Waals surface area contributed by atoms with E-state index in [0.29, 0.717) is 0 Å². The summed E-state index contributed by atoms with van der Waals surface area (Å²) in [6.07, 6.45) is 15.8. The zero-order valence-electron chi connectivity index (χ0n) is 31.6. The lowest BCUT2D eigenvalue weighted by atomic mass is 9.76. The van der Waals surface area contributed by atoms with Gasteiger partial charge in [0.05, 0.1) is 28.4 Å². The zero-order valence-corrected chi connectivity index (χ0v) is 31.6. The van der Waals surface area contributed by atoms with Gasteiger partial charge < -0.3 is 19.3 Å². The summed E-state index contributed by atoms with van der Waals surface area (Å²) in [5.74, 6) is 3.60. The van der Waals surface area contributed by atoms with Gasteiger partial charge in [0, 0.05) is 16.5 Å². The molecule has 1 spiro atoms. The first-order valence-electron chi connectivity index (χ1n) is 20.4. The Morgan fingerprint density at radius 1 is 0.526 bits per heavy atom. The Hall–Kier alpha value is -6.78. The van der Waals surface area contributed by atoms with Crippen LogP contribution in [0, 0.1) is 0 Å². The number of fused-ring (bicyclic) bond motifs is 9. The number of hydrogen-bond donors (Lipinski definition) is 0. The van der Waals surface area contributed by atoms with Crippen molar-refractivity contribution in [1.82, 2.24) is 0 Å². The molecule has 1 saturated carbocycles. The molecule has 0 bridgehead atoms. The van der Waals surface area contributed by atoms with Crippen LogP contribution in [-0.2, 0) is 5.41 Å². The van der Waals surface area contributed by atoms with Crippen molar-refractivity contribution in [2.45, 2.75) is 43.9 Å². The molecule has 0 amide bonds. The molecule has 7 aromatic carbocycles. The lowest BCUT2D eigenvalue weighted by Crippen LogP contribution is -2.26. The highest BCUT2D eigenvalue weighted by Gasteiger charge is 2.45. The minimum absolute atomic E-state index is 0.0269. The SMILES string of the molecule is C1=CC2=C(CC1)N(c1ccc3c(c1)C1(CCCC1)c1cc(/C=C/c4ccc(N5c6ccccc6Oc6ccccc65)c5ccccc45)ccc1-3)c1ccccc1O2. The molecule has 0 aromatic heterocycles. The third-order valence-corrected chi connectivity index (χ3v) is 12.8. The standard InChI is InChI=1S/C53H40N2O2/c1-2-14-41-38(13-1)36(26-30-44(41)55-47-17-5-9-21-51(47)57-52-22-10-6-18-48(52)55)25-23-35-24-28-39-40-29-27-37(34-43(40)53(42(39)33-35)31-11-12-32-53)54-45-15-3-7-19-49(45)56-50-20-8-4-16-46(50)54/h1-3,5-10,13-15,17-30,33-34H,4,11-12,16,31-32H2/b25-23+. The highest BCUT2D eigenvalue weighted by Crippen LogP contribution is 2.59. The Morgan fingerprint density at radius 3 is 1.91 bits per heavy atom. The maximum absolute atomic E-state index is 6.41. The van der Waals surface area contributed by atoms with Crippen LogP contribution in [0.1, 0.15) is 60.8 Å². The van der Waals surface area contributed by atoms with Crippen LogP contribution in [0.25, 0.3) is 34.1 Å². The summed E-state index contributed by atoms with van der Waals surface area (Å²) in [7, 11) is 0. The quantitative estimate of drug-likeness (QED) is 0.168. The van der Waals surface area contributed by atoms with Gasteiger partial charge in [0.2, 0.25) is 0 Å². The second kappa shape index (κ2) is 12.6. The van der Waals surface area contributed by atoms with Crippen molar-refractivity contribution in [3.63, 3.8) is 0 Å². The zero-order chi connectivity index (χ0) is 37.5. The summed E-state index contributed by atoms with van der Waals surface area (Å²) in [6.45, 7) is 0. The first-order chi connectivity index (χ1) is 28.2. The van der Waals surface area contributed by atoms with Crippen LogP contribution in [-0.4, -0.2) is 0 Å². The molecule has 3 aliphatic carbocycles. The monoisotopic (exact) mass is 736 g/mol. The van der Waals surface area contributed by atoms with Gasteiger partial charge in [-0.1, -0.05) is 122 Å². The normalized spacial score (nSPS) is 16.8. The Kier molecular flexibility index (Phi) is 7.19. The third kappa shape index (κ3) is 4.93. The van der Waals surface area contributed by atoms with Crippen LogP contribution >= 0.6 is 0 Å². The van der Waals surface area contributed by atoms with E-state index in [2.05, 4.69) is 155 Å². The van der Waals surface area contributed by atoms with Gasteiger partial charge in [-0.3, -0.25) is 0 Å². The van der Waals surface area contributed by atoms with E-state index in [4.69, 9.17) is 9.47 Å². The fraction of sp³-hybridized carbons (Fsp3) is 0.132. The Balaban J connectivity index is 0.920. The van der Waals surface area contributed by atoms with E-state index in [9.17, 15) is 0 Å². The van der Waals surface area contributed by atoms with Gasteiger partial charge in [0.15, 0.2) is 17.2 Å². The molecule has 2 aliphatic heterocycles. The molecule has 4 nitrogen and oxygen atoms in total. The lowest BCUT2D eigenvalue weighted by Gasteiger charge is -2.36. The van der Waals surface area contributed by atoms with Gasteiger partial charge in [-0.25, -0.2) is 0 Å². The number of benzene rings is 7. The molecular formula is C53H40N2O2. The Labute approximate surface area is 333 Å². The average Bonchev–Trinajstić information content (AvgIpc) is 3.87. The minimum atomic E-state index is 0.0269. The molecular weight excluding hydrogens is 697 g/mol. The van der Waals surface area contributed by atoms with Crippen molar-refractivity contribution in [3.8, 4) is 28.4 Å². The molecule has 0 radical (unpaired) electrons. The van der Waals surface area contributed by atoms with Gasteiger partial charge in [-0.2, -0.15) is 0 Å². The van der Waals surface area contributed by atoms with Crippen LogP contribution in [0.5, 0.6) is 17.2 Å². The van der Waals surface area contributed by atoms with Crippen molar-refractivity contribution in [2.75, 3.05) is 9.80 Å². The Morgan fingerprint density at radius 2 is 1.16 bits per heavy atom. The summed E-state index contributed by atoms with van der Waals surface area (Å²) < 4.78 is 12.8. The molecule has 0 saturated heterocycles. The van der Waals surface area contributed by atoms with E-state index in [-0.39, 0.29) is 5.41 Å². The molecule has 7 aromatic rings. The highest BCUT2D eigenvalue weighted by molar-refractivity contribution is 6.05. The van der Waals surface area contributed by atoms with Gasteiger partial charge in [0.1, 0.15) is 5.76 Å². The number of anilines is 5. The molecule has 274 valence electrons. The van der Waals surface area contributed by atoms with E-state index in [1.165, 1.54) is 81.2 Å². The second-order valence-electron chi connectivity index (χ2n) is 15.9. The summed E-state index contributed by atoms with van der Waals surface area (Å²) in [6, 6.07) is 52.8. The van der Waals surface area contributed by atoms with E-state index >= 15 is 0 Å². The summed E-state index contributed by atoms with van der Waals surface area (Å²) >= 11 is 0. The van der Waals surface area contributed by atoms with Crippen molar-refractivity contribution < 1.29 is 9.47 Å². The van der Waals surface area contributed by atoms with Crippen LogP contribution < -0.4 is 19.3 Å². The fourth-order valence-electron chi connectivity index (χ4n) is 10.3. The van der Waals surface area contributed by atoms with Gasteiger partial charge >= 0.3 is 0 Å². The summed E-state index contributed by atoms with van der Waals surface area (Å²) in [4.78, 5) is 4.80. The third-order valence-electron chi connectivity index (χ3n) is 12.8. The molecule has 2 heterocycles. The fourth-order valence-corrected chi connectivity index (χ4v) is 10.3. The highest BCUT2D eigenvalue weighted by atomic mass is 16.5. The van der Waals surface area contributed by atoms with Crippen LogP contribution in [0.4, 0.5) is 28.4 Å². The summed E-state index contributed by atoms with van der Waals surface area (Å²) in [5, 5.41) is 2.42. The predicted octanol–water partition coefficient (Wildman–Crippen LogP) is 14.5. The first-order valence-corrected chi connectivity index (χ1v) is 20.4. The lowest BCUT2D eigenvalue weighted by molar-refractivity contribution is 0.421. The van der Waals surface area contributed by atoms with Crippen molar-refractivity contribution in [1.29, 1.82) is 0 Å². The van der Waals surface area contributed by atoms with Gasteiger partial charge in [-0.05, 0) is 125 Å². The van der Waals surface area contributed by atoms with E-state index in [1.54, 1.807) is 0 Å². The second-order valence-corrected chi connectivity index (χ2v) is 15.9. The molecule has 57 heavy (non-hydrogen) atoms. The van der Waals surface area contributed by atoms with Gasteiger partial charge in [0.25, 0.3) is 0 Å². The Bertz CT molecular complexity index is 2850. The number of nitrogens with zero attached hydrogens (tertiary/aromatic N) is 2. The van der Waals surface area contributed by atoms with Crippen molar-refractivity contribution in [3.05, 3.63) is 191 Å². The molecule has 0 unspecified atom stereocenters. The van der Waals surface area contributed by atoms with E-state index in [1.807, 2.05) is 24.3 Å². The van der Waals surface area contributed by atoms with Crippen molar-refractivity contribution >= 4 is 51.4 Å². The first kappa shape index (κ1) is 32.5. The molecule has 5 aliphatic rings. The maximum atomic E-state index is 6.41. The molecule has 1 fully saturated rings. The van der Waals surface area contributed by atoms with Gasteiger partial charge in [-0.15, -0.1) is 0 Å². The molecule has 0 N–H and O–H groups in total. The molecule has 4 heteroatoms. The number of para-hydroxylation sites is 6. The van der Waals surface area contributed by atoms with Crippen LogP contribution in [0.15, 0.2) is 169 Å². The average molecular weight is 737 g/mol. The number of allylic oxidation sites excluding steroid dienone is 3. The van der Waals surface area contributed by atoms with Crippen LogP contribution in [0.3, 0.4) is 0 Å².